The zero-order chi connectivity index (χ0) is 24.7. The second-order valence-electron chi connectivity index (χ2n) is 11.1. The van der Waals surface area contributed by atoms with Crippen molar-refractivity contribution < 1.29 is 34.4 Å². The molecule has 0 heterocycles. The van der Waals surface area contributed by atoms with Gasteiger partial charge in [-0.3, -0.25) is 4.79 Å². The number of aliphatic hydroxyl groups excluding tert-OH is 1. The molecule has 0 radical (unpaired) electrons. The molecule has 1 aromatic rings. The zero-order valence-corrected chi connectivity index (χ0v) is 19.9. The first-order valence-electron chi connectivity index (χ1n) is 11.9. The van der Waals surface area contributed by atoms with Crippen molar-refractivity contribution in [3.8, 4) is 5.75 Å². The van der Waals surface area contributed by atoms with E-state index in [9.17, 15) is 24.9 Å². The average Bonchev–Trinajstić information content (AvgIpc) is 3.18. The predicted molar refractivity (Wildman–Crippen MR) is 123 cm³/mol. The van der Waals surface area contributed by atoms with Gasteiger partial charge in [0.2, 0.25) is 0 Å². The first-order valence-corrected chi connectivity index (χ1v) is 11.9. The number of aliphatic hydroxyl groups is 3. The highest BCUT2D eigenvalue weighted by Gasteiger charge is 2.83. The van der Waals surface area contributed by atoms with Crippen LogP contribution in [-0.4, -0.2) is 50.7 Å². The lowest BCUT2D eigenvalue weighted by Crippen LogP contribution is -2.61. The number of Topliss-reactive ketones (excluding diaryl/α,β-unsaturated/α-hetero) is 1. The van der Waals surface area contributed by atoms with Crippen LogP contribution in [0.1, 0.15) is 40.5 Å². The molecule has 5 rings (SSSR count). The SMILES string of the molecule is CC1=C[C@H]2[C@@]3(O)[C@H](C)C[C@]4(OC(=O)Oc5ccccc5)[C@H]([C@@H]3C=C(CO)C[C@]2(O)C1=O)C4(C)C. The maximum absolute atomic E-state index is 13.0. The van der Waals surface area contributed by atoms with Crippen LogP contribution in [0.4, 0.5) is 4.79 Å². The third-order valence-corrected chi connectivity index (χ3v) is 9.08. The molecular weight excluding hydrogens is 436 g/mol. The third-order valence-electron chi connectivity index (χ3n) is 9.08. The molecule has 4 aliphatic carbocycles. The van der Waals surface area contributed by atoms with Gasteiger partial charge in [-0.05, 0) is 42.5 Å². The first kappa shape index (κ1) is 23.3. The molecule has 7 atom stereocenters. The standard InChI is InChI=1S/C27H32O7/c1-15-10-20-25(31,22(15)29)13-17(14-28)11-19-21-24(3,4)26(21,12-16(2)27(19,20)32)34-23(30)33-18-8-6-5-7-9-18/h5-11,16,19-21,28,31-32H,12-14H2,1-4H3/t16-,19+,20-,21-,25-,26+,27-/m1/s1. The van der Waals surface area contributed by atoms with Gasteiger partial charge in [-0.15, -0.1) is 0 Å². The van der Waals surface area contributed by atoms with Crippen molar-refractivity contribution >= 4 is 11.9 Å². The van der Waals surface area contributed by atoms with Gasteiger partial charge in [0.1, 0.15) is 17.0 Å². The van der Waals surface area contributed by atoms with Crippen molar-refractivity contribution in [3.05, 3.63) is 53.6 Å². The summed E-state index contributed by atoms with van der Waals surface area (Å²) in [6.45, 7) is 7.18. The number of hydrogen-bond acceptors (Lipinski definition) is 7. The number of rotatable bonds is 3. The summed E-state index contributed by atoms with van der Waals surface area (Å²) < 4.78 is 11.4. The summed E-state index contributed by atoms with van der Waals surface area (Å²) in [4.78, 5) is 25.8. The van der Waals surface area contributed by atoms with Gasteiger partial charge in [0.05, 0.1) is 12.2 Å². The maximum Gasteiger partial charge on any atom is 0.514 e. The largest absolute Gasteiger partial charge is 0.514 e. The summed E-state index contributed by atoms with van der Waals surface area (Å²) >= 11 is 0. The molecule has 0 bridgehead atoms. The molecule has 0 spiro atoms. The summed E-state index contributed by atoms with van der Waals surface area (Å²) in [5.41, 5.74) is -3.71. The monoisotopic (exact) mass is 468 g/mol. The molecule has 7 heteroatoms. The van der Waals surface area contributed by atoms with Crippen molar-refractivity contribution in [3.63, 3.8) is 0 Å². The van der Waals surface area contributed by atoms with E-state index in [4.69, 9.17) is 9.47 Å². The highest BCUT2D eigenvalue weighted by molar-refractivity contribution is 6.04. The quantitative estimate of drug-likeness (QED) is 0.355. The lowest BCUT2D eigenvalue weighted by molar-refractivity contribution is -0.178. The van der Waals surface area contributed by atoms with Gasteiger partial charge in [-0.2, -0.15) is 0 Å². The number of ketones is 1. The van der Waals surface area contributed by atoms with E-state index in [2.05, 4.69) is 0 Å². The second-order valence-corrected chi connectivity index (χ2v) is 11.1. The Bertz CT molecular complexity index is 1110. The molecule has 1 aromatic carbocycles. The van der Waals surface area contributed by atoms with Crippen molar-refractivity contribution in [1.29, 1.82) is 0 Å². The van der Waals surface area contributed by atoms with Crippen LogP contribution < -0.4 is 4.74 Å². The highest BCUT2D eigenvalue weighted by Crippen LogP contribution is 2.76. The van der Waals surface area contributed by atoms with Crippen molar-refractivity contribution in [2.24, 2.45) is 29.1 Å². The van der Waals surface area contributed by atoms with Gasteiger partial charge < -0.3 is 24.8 Å². The summed E-state index contributed by atoms with van der Waals surface area (Å²) in [6.07, 6.45) is 3.01. The topological polar surface area (TPSA) is 113 Å². The smallest absolute Gasteiger partial charge is 0.426 e. The summed E-state index contributed by atoms with van der Waals surface area (Å²) in [5.74, 6) is -2.08. The molecule has 0 aromatic heterocycles. The first-order chi connectivity index (χ1) is 15.9. The van der Waals surface area contributed by atoms with Crippen LogP contribution >= 0.6 is 0 Å². The normalized spacial score (nSPS) is 41.8. The van der Waals surface area contributed by atoms with Gasteiger partial charge in [0, 0.05) is 29.6 Å². The molecule has 3 N–H and O–H groups in total. The van der Waals surface area contributed by atoms with E-state index >= 15 is 0 Å². The summed E-state index contributed by atoms with van der Waals surface area (Å²) in [5, 5.41) is 33.9. The predicted octanol–water partition coefficient (Wildman–Crippen LogP) is 3.18. The van der Waals surface area contributed by atoms with Gasteiger partial charge in [0.25, 0.3) is 0 Å². The van der Waals surface area contributed by atoms with E-state index in [1.165, 1.54) is 0 Å². The summed E-state index contributed by atoms with van der Waals surface area (Å²) in [6, 6.07) is 8.69. The minimum Gasteiger partial charge on any atom is -0.426 e. The van der Waals surface area contributed by atoms with Crippen molar-refractivity contribution in [2.45, 2.75) is 57.3 Å². The number of para-hydroxylation sites is 1. The summed E-state index contributed by atoms with van der Waals surface area (Å²) in [7, 11) is 0. The molecule has 0 amide bonds. The lowest BCUT2D eigenvalue weighted by Gasteiger charge is -2.50. The Morgan fingerprint density at radius 1 is 1.15 bits per heavy atom. The fourth-order valence-electron chi connectivity index (χ4n) is 7.35. The van der Waals surface area contributed by atoms with Crippen LogP contribution in [0.15, 0.2) is 53.6 Å². The van der Waals surface area contributed by atoms with Crippen LogP contribution in [0.5, 0.6) is 5.75 Å². The van der Waals surface area contributed by atoms with Crippen LogP contribution in [0, 0.1) is 29.1 Å². The Hall–Kier alpha value is -2.48. The molecule has 34 heavy (non-hydrogen) atoms. The van der Waals surface area contributed by atoms with E-state index in [0.29, 0.717) is 23.3 Å². The molecule has 0 unspecified atom stereocenters. The van der Waals surface area contributed by atoms with Gasteiger partial charge >= 0.3 is 6.16 Å². The Labute approximate surface area is 199 Å². The minimum absolute atomic E-state index is 0.0383. The number of benzene rings is 1. The van der Waals surface area contributed by atoms with E-state index in [-0.39, 0.29) is 18.9 Å². The molecule has 0 saturated heterocycles. The highest BCUT2D eigenvalue weighted by atomic mass is 16.7. The molecule has 2 fully saturated rings. The Balaban J connectivity index is 1.54. The van der Waals surface area contributed by atoms with E-state index in [0.717, 1.165) is 0 Å². The second kappa shape index (κ2) is 7.26. The molecular formula is C27H32O7. The number of ether oxygens (including phenoxy) is 2. The number of carbonyl (C=O) groups is 2. The Morgan fingerprint density at radius 3 is 2.47 bits per heavy atom. The van der Waals surface area contributed by atoms with Crippen molar-refractivity contribution in [2.75, 3.05) is 6.61 Å². The van der Waals surface area contributed by atoms with Crippen molar-refractivity contribution in [1.82, 2.24) is 0 Å². The Morgan fingerprint density at radius 2 is 1.82 bits per heavy atom. The van der Waals surface area contributed by atoms with Gasteiger partial charge in [-0.25, -0.2) is 4.79 Å². The van der Waals surface area contributed by atoms with Crippen LogP contribution in [0.25, 0.3) is 0 Å². The number of fused-ring (bicyclic) bond motifs is 5. The molecule has 182 valence electrons. The molecule has 0 aliphatic heterocycles. The zero-order valence-electron chi connectivity index (χ0n) is 19.9. The van der Waals surface area contributed by atoms with E-state index < -0.39 is 51.9 Å². The molecule has 7 nitrogen and oxygen atoms in total. The van der Waals surface area contributed by atoms with Gasteiger partial charge in [0.15, 0.2) is 5.78 Å². The molecule has 4 aliphatic rings. The Kier molecular flexibility index (Phi) is 4.97. The fraction of sp³-hybridized carbons (Fsp3) is 0.556. The number of hydrogen-bond donors (Lipinski definition) is 3. The average molecular weight is 469 g/mol. The van der Waals surface area contributed by atoms with Crippen LogP contribution in [0.3, 0.4) is 0 Å². The number of carbonyl (C=O) groups excluding carboxylic acids is 2. The van der Waals surface area contributed by atoms with Crippen LogP contribution in [0.2, 0.25) is 0 Å². The maximum atomic E-state index is 13.0. The van der Waals surface area contributed by atoms with Gasteiger partial charge in [-0.1, -0.05) is 51.1 Å². The van der Waals surface area contributed by atoms with Crippen LogP contribution in [-0.2, 0) is 9.53 Å². The van der Waals surface area contributed by atoms with E-state index in [1.54, 1.807) is 37.3 Å². The molecule has 2 saturated carbocycles. The minimum atomic E-state index is -1.80. The lowest BCUT2D eigenvalue weighted by atomic mass is 9.60. The van der Waals surface area contributed by atoms with E-state index in [1.807, 2.05) is 32.9 Å². The third kappa shape index (κ3) is 2.87. The fourth-order valence-corrected chi connectivity index (χ4v) is 7.35.